The molecule has 0 atom stereocenters. The van der Waals surface area contributed by atoms with Gasteiger partial charge in [0.2, 0.25) is 11.7 Å². The van der Waals surface area contributed by atoms with Crippen LogP contribution in [0.25, 0.3) is 6.01 Å². The molecule has 0 fully saturated rings. The van der Waals surface area contributed by atoms with E-state index in [0.717, 1.165) is 0 Å². The van der Waals surface area contributed by atoms with Gasteiger partial charge in [0.25, 0.3) is 0 Å². The molecule has 0 aromatic carbocycles. The van der Waals surface area contributed by atoms with E-state index in [1.165, 1.54) is 20.8 Å². The Labute approximate surface area is 123 Å². The summed E-state index contributed by atoms with van der Waals surface area (Å²) in [6.45, 7) is 4.22. The van der Waals surface area contributed by atoms with E-state index < -0.39 is 44.7 Å². The van der Waals surface area contributed by atoms with E-state index >= 15 is 0 Å². The zero-order chi connectivity index (χ0) is 16.7. The van der Waals surface area contributed by atoms with Crippen molar-refractivity contribution in [2.75, 3.05) is 0 Å². The normalized spacial score (nSPS) is 13.0. The molecule has 22 heavy (non-hydrogen) atoms. The van der Waals surface area contributed by atoms with Crippen LogP contribution >= 0.6 is 0 Å². The van der Waals surface area contributed by atoms with Gasteiger partial charge in [-0.1, -0.05) is 5.10 Å². The fraction of sp³-hybridized carbons (Fsp3) is 0.600. The Morgan fingerprint density at radius 3 is 2.36 bits per heavy atom. The zero-order valence-electron chi connectivity index (χ0n) is 11.8. The molecule has 0 bridgehead atoms. The predicted molar refractivity (Wildman–Crippen MR) is 66.7 cm³/mol. The van der Waals surface area contributed by atoms with Crippen LogP contribution in [0.2, 0.25) is 0 Å². The highest BCUT2D eigenvalue weighted by Crippen LogP contribution is 2.29. The molecule has 0 radical (unpaired) electrons. The van der Waals surface area contributed by atoms with Crippen LogP contribution in [0, 0.1) is 6.92 Å². The summed E-state index contributed by atoms with van der Waals surface area (Å²) in [5.41, 5.74) is 0. The van der Waals surface area contributed by atoms with Gasteiger partial charge >= 0.3 is 12.2 Å². The summed E-state index contributed by atoms with van der Waals surface area (Å²) in [5.74, 6) is -2.59. The minimum Gasteiger partial charge on any atom is -0.407 e. The number of hydrogen-bond acceptors (Lipinski definition) is 7. The minimum absolute atomic E-state index is 0.0370. The van der Waals surface area contributed by atoms with Crippen LogP contribution in [-0.2, 0) is 21.8 Å². The van der Waals surface area contributed by atoms with E-state index in [1.807, 2.05) is 0 Å². The molecule has 2 aromatic rings. The third-order valence-electron chi connectivity index (χ3n) is 2.65. The van der Waals surface area contributed by atoms with Crippen LogP contribution in [0.4, 0.5) is 13.2 Å². The van der Waals surface area contributed by atoms with Gasteiger partial charge in [-0.15, -0.1) is 10.2 Å². The Hall–Kier alpha value is -1.98. The summed E-state index contributed by atoms with van der Waals surface area (Å²) in [7, 11) is -3.65. The number of nitrogens with zero attached hydrogens (tertiary/aromatic N) is 5. The molecule has 0 saturated heterocycles. The van der Waals surface area contributed by atoms with Crippen molar-refractivity contribution in [1.29, 1.82) is 0 Å². The molecule has 0 N–H and O–H groups in total. The maximum atomic E-state index is 13.0. The number of aromatic nitrogens is 5. The zero-order valence-corrected chi connectivity index (χ0v) is 12.6. The van der Waals surface area contributed by atoms with Crippen molar-refractivity contribution >= 4 is 9.84 Å². The fourth-order valence-corrected chi connectivity index (χ4v) is 2.27. The maximum absolute atomic E-state index is 13.0. The van der Waals surface area contributed by atoms with Gasteiger partial charge in [-0.3, -0.25) is 0 Å². The highest BCUT2D eigenvalue weighted by molar-refractivity contribution is 7.91. The Morgan fingerprint density at radius 2 is 1.91 bits per heavy atom. The minimum atomic E-state index is -4.85. The van der Waals surface area contributed by atoms with Crippen molar-refractivity contribution in [2.45, 2.75) is 38.0 Å². The molecule has 2 heterocycles. The van der Waals surface area contributed by atoms with E-state index in [9.17, 15) is 21.6 Å². The first-order valence-corrected chi connectivity index (χ1v) is 7.77. The lowest BCUT2D eigenvalue weighted by molar-refractivity contribution is -0.146. The van der Waals surface area contributed by atoms with Gasteiger partial charge in [0.15, 0.2) is 15.7 Å². The Bertz CT molecular complexity index is 778. The molecular formula is C10H12F3N5O3S. The number of hydrogen-bond donors (Lipinski definition) is 0. The van der Waals surface area contributed by atoms with Crippen molar-refractivity contribution < 1.29 is 26.0 Å². The van der Waals surface area contributed by atoms with Gasteiger partial charge in [0.05, 0.1) is 5.25 Å². The molecule has 0 amide bonds. The molecule has 8 nitrogen and oxygen atoms in total. The number of aryl methyl sites for hydroxylation is 1. The van der Waals surface area contributed by atoms with E-state index in [0.29, 0.717) is 4.68 Å². The Kier molecular flexibility index (Phi) is 3.98. The van der Waals surface area contributed by atoms with Crippen LogP contribution < -0.4 is 0 Å². The van der Waals surface area contributed by atoms with Crippen molar-refractivity contribution in [2.24, 2.45) is 0 Å². The van der Waals surface area contributed by atoms with Crippen LogP contribution in [-0.4, -0.2) is 38.6 Å². The Morgan fingerprint density at radius 1 is 1.27 bits per heavy atom. The number of alkyl halides is 3. The molecule has 0 aliphatic heterocycles. The van der Waals surface area contributed by atoms with Crippen molar-refractivity contribution in [3.8, 4) is 6.01 Å². The van der Waals surface area contributed by atoms with E-state index in [-0.39, 0.29) is 5.89 Å². The molecular weight excluding hydrogens is 327 g/mol. The summed E-state index contributed by atoms with van der Waals surface area (Å²) in [4.78, 5) is 3.25. The SMILES string of the molecule is Cc1nnc(-n2nc(CS(=O)(=O)C(C)C)nc2C(F)(F)F)o1. The lowest BCUT2D eigenvalue weighted by atomic mass is 10.6. The van der Waals surface area contributed by atoms with Crippen molar-refractivity contribution in [1.82, 2.24) is 25.0 Å². The summed E-state index contributed by atoms with van der Waals surface area (Å²) in [6, 6.07) is -0.537. The van der Waals surface area contributed by atoms with E-state index in [4.69, 9.17) is 4.42 Å². The first-order chi connectivity index (χ1) is 10.0. The van der Waals surface area contributed by atoms with E-state index in [1.54, 1.807) is 0 Å². The summed E-state index contributed by atoms with van der Waals surface area (Å²) in [6.07, 6.45) is -4.85. The first-order valence-electron chi connectivity index (χ1n) is 6.06. The van der Waals surface area contributed by atoms with Crippen LogP contribution in [0.1, 0.15) is 31.4 Å². The second-order valence-corrected chi connectivity index (χ2v) is 7.28. The topological polar surface area (TPSA) is 104 Å². The molecule has 0 spiro atoms. The second-order valence-electron chi connectivity index (χ2n) is 4.72. The summed E-state index contributed by atoms with van der Waals surface area (Å²) >= 11 is 0. The quantitative estimate of drug-likeness (QED) is 0.827. The lowest BCUT2D eigenvalue weighted by Gasteiger charge is -2.04. The van der Waals surface area contributed by atoms with Crippen molar-refractivity contribution in [3.05, 3.63) is 17.5 Å². The maximum Gasteiger partial charge on any atom is 0.451 e. The monoisotopic (exact) mass is 339 g/mol. The molecule has 0 saturated carbocycles. The van der Waals surface area contributed by atoms with Gasteiger partial charge in [0.1, 0.15) is 5.75 Å². The highest BCUT2D eigenvalue weighted by atomic mass is 32.2. The number of rotatable bonds is 4. The molecule has 12 heteroatoms. The van der Waals surface area contributed by atoms with Crippen LogP contribution in [0.3, 0.4) is 0 Å². The first kappa shape index (κ1) is 16.4. The summed E-state index contributed by atoms with van der Waals surface area (Å²) in [5, 5.41) is 9.61. The average molecular weight is 339 g/mol. The average Bonchev–Trinajstić information content (AvgIpc) is 2.94. The van der Waals surface area contributed by atoms with Gasteiger partial charge < -0.3 is 4.42 Å². The molecule has 2 rings (SSSR count). The molecule has 122 valence electrons. The molecule has 2 aromatic heterocycles. The largest absolute Gasteiger partial charge is 0.451 e. The Balaban J connectivity index is 2.50. The second kappa shape index (κ2) is 5.34. The summed E-state index contributed by atoms with van der Waals surface area (Å²) < 4.78 is 67.7. The molecule has 0 aliphatic carbocycles. The highest BCUT2D eigenvalue weighted by Gasteiger charge is 2.40. The number of halogens is 3. The standard InChI is InChI=1S/C10H12F3N5O3S/c1-5(2)22(19,20)4-7-14-8(10(11,12)13)18(17-7)9-16-15-6(3)21-9/h5H,4H2,1-3H3. The fourth-order valence-electron chi connectivity index (χ4n) is 1.45. The van der Waals surface area contributed by atoms with Crippen LogP contribution in [0.15, 0.2) is 4.42 Å². The van der Waals surface area contributed by atoms with Crippen molar-refractivity contribution in [3.63, 3.8) is 0 Å². The molecule has 0 unspecified atom stereocenters. The third-order valence-corrected chi connectivity index (χ3v) is 4.75. The molecule has 0 aliphatic rings. The van der Waals surface area contributed by atoms with Gasteiger partial charge in [-0.05, 0) is 13.8 Å². The van der Waals surface area contributed by atoms with Crippen LogP contribution in [0.5, 0.6) is 0 Å². The van der Waals surface area contributed by atoms with Gasteiger partial charge in [-0.25, -0.2) is 13.4 Å². The van der Waals surface area contributed by atoms with Gasteiger partial charge in [-0.2, -0.15) is 17.9 Å². The smallest absolute Gasteiger partial charge is 0.407 e. The lowest BCUT2D eigenvalue weighted by Crippen LogP contribution is -2.17. The van der Waals surface area contributed by atoms with E-state index in [2.05, 4.69) is 20.3 Å². The van der Waals surface area contributed by atoms with Gasteiger partial charge in [0, 0.05) is 6.92 Å². The number of sulfone groups is 1. The predicted octanol–water partition coefficient (Wildman–Crippen LogP) is 1.30. The third kappa shape index (κ3) is 3.26.